The summed E-state index contributed by atoms with van der Waals surface area (Å²) in [6.07, 6.45) is -0.834. The van der Waals surface area contributed by atoms with Crippen LogP contribution in [0.5, 0.6) is 0 Å². The van der Waals surface area contributed by atoms with Gasteiger partial charge in [0.25, 0.3) is 0 Å². The highest BCUT2D eigenvalue weighted by molar-refractivity contribution is 14.1. The highest BCUT2D eigenvalue weighted by Gasteiger charge is 2.43. The van der Waals surface area contributed by atoms with Gasteiger partial charge in [-0.1, -0.05) is 0 Å². The summed E-state index contributed by atoms with van der Waals surface area (Å²) < 4.78 is 40.4. The van der Waals surface area contributed by atoms with Gasteiger partial charge in [-0.15, -0.1) is 11.3 Å². The van der Waals surface area contributed by atoms with Crippen LogP contribution in [0, 0.1) is 9.49 Å². The number of amidine groups is 1. The van der Waals surface area contributed by atoms with E-state index in [2.05, 4.69) is 37.8 Å². The fraction of sp³-hybridized carbons (Fsp3) is 0.706. The number of alkyl halides is 3. The largest absolute Gasteiger partial charge is 0.392 e. The molecule has 0 amide bonds. The minimum atomic E-state index is -4.09. The number of halogens is 4. The quantitative estimate of drug-likeness (QED) is 0.374. The monoisotopic (exact) mass is 483 g/mol. The second-order valence-electron chi connectivity index (χ2n) is 7.22. The van der Waals surface area contributed by atoms with Crippen molar-refractivity contribution in [1.82, 2.24) is 10.2 Å². The van der Waals surface area contributed by atoms with Crippen molar-refractivity contribution in [3.05, 3.63) is 18.9 Å². The van der Waals surface area contributed by atoms with E-state index in [1.165, 1.54) is 12.8 Å². The first-order chi connectivity index (χ1) is 11.9. The maximum atomic E-state index is 13.1. The Morgan fingerprint density at radius 1 is 1.24 bits per heavy atom. The third kappa shape index (κ3) is 3.34. The standard InChI is InChI=1S/C17H21F3IN3S/c1-22-16(24-7-10-3-4-11(8-24)23-10)15-14(21)12-6-9(17(18,19)20)2-5-13(12)25-15/h9-11,23H,2-8H2,1H3. The van der Waals surface area contributed by atoms with Gasteiger partial charge >= 0.3 is 6.18 Å². The second kappa shape index (κ2) is 6.67. The number of nitrogens with zero attached hydrogens (tertiary/aromatic N) is 2. The highest BCUT2D eigenvalue weighted by atomic mass is 127. The number of fused-ring (bicyclic) bond motifs is 3. The molecule has 0 aromatic carbocycles. The van der Waals surface area contributed by atoms with E-state index in [0.29, 0.717) is 18.5 Å². The van der Waals surface area contributed by atoms with E-state index in [0.717, 1.165) is 37.8 Å². The van der Waals surface area contributed by atoms with E-state index < -0.39 is 12.1 Å². The third-order valence-electron chi connectivity index (χ3n) is 5.59. The van der Waals surface area contributed by atoms with Crippen molar-refractivity contribution in [3.8, 4) is 0 Å². The van der Waals surface area contributed by atoms with E-state index in [4.69, 9.17) is 0 Å². The molecule has 3 aliphatic rings. The molecule has 0 saturated carbocycles. The number of piperazine rings is 1. The molecule has 2 fully saturated rings. The molecule has 3 nitrogen and oxygen atoms in total. The van der Waals surface area contributed by atoms with E-state index in [9.17, 15) is 13.2 Å². The van der Waals surface area contributed by atoms with Crippen molar-refractivity contribution in [1.29, 1.82) is 0 Å². The van der Waals surface area contributed by atoms with Gasteiger partial charge in [0.05, 0.1) is 10.8 Å². The van der Waals surface area contributed by atoms with Gasteiger partial charge in [-0.3, -0.25) is 4.99 Å². The Balaban J connectivity index is 1.62. The average molecular weight is 483 g/mol. The molecule has 3 atom stereocenters. The lowest BCUT2D eigenvalue weighted by atomic mass is 9.88. The van der Waals surface area contributed by atoms with Crippen LogP contribution in [0.2, 0.25) is 0 Å². The van der Waals surface area contributed by atoms with E-state index in [1.54, 1.807) is 18.4 Å². The zero-order valence-corrected chi connectivity index (χ0v) is 17.0. The summed E-state index contributed by atoms with van der Waals surface area (Å²) in [5.41, 5.74) is 0.911. The van der Waals surface area contributed by atoms with Crippen molar-refractivity contribution in [2.24, 2.45) is 10.9 Å². The Kier molecular flexibility index (Phi) is 4.81. The molecule has 1 aromatic heterocycles. The molecule has 138 valence electrons. The number of nitrogens with one attached hydrogen (secondary N) is 1. The zero-order chi connectivity index (χ0) is 17.8. The van der Waals surface area contributed by atoms with Crippen LogP contribution < -0.4 is 5.32 Å². The predicted octanol–water partition coefficient (Wildman–Crippen LogP) is 3.83. The summed E-state index contributed by atoms with van der Waals surface area (Å²) in [6.45, 7) is 1.87. The molecule has 2 saturated heterocycles. The molecule has 1 N–H and O–H groups in total. The maximum absolute atomic E-state index is 13.1. The van der Waals surface area contributed by atoms with Gasteiger partial charge in [-0.25, -0.2) is 0 Å². The summed E-state index contributed by atoms with van der Waals surface area (Å²) in [4.78, 5) is 9.07. The van der Waals surface area contributed by atoms with Crippen LogP contribution in [0.4, 0.5) is 13.2 Å². The third-order valence-corrected chi connectivity index (χ3v) is 8.43. The van der Waals surface area contributed by atoms with Crippen LogP contribution >= 0.6 is 33.9 Å². The minimum absolute atomic E-state index is 0.122. The lowest BCUT2D eigenvalue weighted by Crippen LogP contribution is -2.53. The minimum Gasteiger partial charge on any atom is -0.353 e. The van der Waals surface area contributed by atoms with Crippen LogP contribution in [-0.4, -0.2) is 49.1 Å². The molecule has 0 spiro atoms. The molecule has 3 heterocycles. The lowest BCUT2D eigenvalue weighted by molar-refractivity contribution is -0.177. The van der Waals surface area contributed by atoms with Crippen molar-refractivity contribution in [2.45, 2.75) is 50.4 Å². The van der Waals surface area contributed by atoms with Gasteiger partial charge in [0.2, 0.25) is 0 Å². The molecular formula is C17H21F3IN3S. The summed E-state index contributed by atoms with van der Waals surface area (Å²) in [5, 5.41) is 3.62. The molecule has 2 bridgehead atoms. The molecule has 1 aromatic rings. The van der Waals surface area contributed by atoms with Gasteiger partial charge in [-0.2, -0.15) is 13.2 Å². The normalized spacial score (nSPS) is 29.9. The predicted molar refractivity (Wildman–Crippen MR) is 103 cm³/mol. The molecule has 3 unspecified atom stereocenters. The number of aryl methyl sites for hydroxylation is 1. The van der Waals surface area contributed by atoms with Crippen molar-refractivity contribution < 1.29 is 13.2 Å². The van der Waals surface area contributed by atoms with Gasteiger partial charge in [0, 0.05) is 40.7 Å². The summed E-state index contributed by atoms with van der Waals surface area (Å²) in [5.74, 6) is -0.237. The number of aliphatic imine (C=N–C) groups is 1. The first kappa shape index (κ1) is 18.0. The fourth-order valence-electron chi connectivity index (χ4n) is 4.33. The van der Waals surface area contributed by atoms with Crippen LogP contribution in [0.25, 0.3) is 0 Å². The second-order valence-corrected chi connectivity index (χ2v) is 9.40. The maximum Gasteiger partial charge on any atom is 0.392 e. The van der Waals surface area contributed by atoms with Crippen LogP contribution in [0.15, 0.2) is 4.99 Å². The zero-order valence-electron chi connectivity index (χ0n) is 14.0. The SMILES string of the molecule is CN=C(c1sc2c(c1I)CC(C(F)(F)F)CC2)N1CC2CCC(C1)N2. The van der Waals surface area contributed by atoms with E-state index in [1.807, 2.05) is 0 Å². The Morgan fingerprint density at radius 2 is 1.92 bits per heavy atom. The smallest absolute Gasteiger partial charge is 0.353 e. The Labute approximate surface area is 163 Å². The van der Waals surface area contributed by atoms with Gasteiger partial charge in [0.15, 0.2) is 0 Å². The van der Waals surface area contributed by atoms with Crippen molar-refractivity contribution in [2.75, 3.05) is 20.1 Å². The Hall–Kier alpha value is -0.350. The molecular weight excluding hydrogens is 462 g/mol. The van der Waals surface area contributed by atoms with Crippen molar-refractivity contribution in [3.63, 3.8) is 0 Å². The molecule has 25 heavy (non-hydrogen) atoms. The average Bonchev–Trinajstić information content (AvgIpc) is 3.07. The molecule has 1 aliphatic carbocycles. The molecule has 0 radical (unpaired) electrons. The number of likely N-dealkylation sites (tertiary alicyclic amines) is 1. The lowest BCUT2D eigenvalue weighted by Gasteiger charge is -2.35. The van der Waals surface area contributed by atoms with E-state index in [-0.39, 0.29) is 12.8 Å². The number of hydrogen-bond donors (Lipinski definition) is 1. The van der Waals surface area contributed by atoms with Gasteiger partial charge in [-0.05, 0) is 60.3 Å². The van der Waals surface area contributed by atoms with Crippen LogP contribution in [0.3, 0.4) is 0 Å². The topological polar surface area (TPSA) is 27.6 Å². The van der Waals surface area contributed by atoms with Crippen LogP contribution in [0.1, 0.15) is 34.6 Å². The number of thiophene rings is 1. The number of hydrogen-bond acceptors (Lipinski definition) is 3. The van der Waals surface area contributed by atoms with Gasteiger partial charge in [0.1, 0.15) is 5.84 Å². The Bertz CT molecular complexity index is 688. The van der Waals surface area contributed by atoms with Crippen molar-refractivity contribution >= 4 is 39.8 Å². The summed E-state index contributed by atoms with van der Waals surface area (Å²) >= 11 is 3.89. The molecule has 4 rings (SSSR count). The van der Waals surface area contributed by atoms with E-state index >= 15 is 0 Å². The number of rotatable bonds is 1. The summed E-state index contributed by atoms with van der Waals surface area (Å²) in [6, 6.07) is 1.02. The highest BCUT2D eigenvalue weighted by Crippen LogP contribution is 2.43. The molecule has 8 heteroatoms. The first-order valence-corrected chi connectivity index (χ1v) is 10.6. The first-order valence-electron chi connectivity index (χ1n) is 8.71. The fourth-order valence-corrected chi connectivity index (χ4v) is 6.93. The van der Waals surface area contributed by atoms with Gasteiger partial charge < -0.3 is 10.2 Å². The summed E-state index contributed by atoms with van der Waals surface area (Å²) in [7, 11) is 1.80. The molecule has 2 aliphatic heterocycles. The Morgan fingerprint density at radius 3 is 2.52 bits per heavy atom. The van der Waals surface area contributed by atoms with Crippen LogP contribution in [-0.2, 0) is 12.8 Å².